The molecule has 0 aliphatic rings. The van der Waals surface area contributed by atoms with Gasteiger partial charge in [0.25, 0.3) is 0 Å². The summed E-state index contributed by atoms with van der Waals surface area (Å²) in [5.74, 6) is -1.11. The summed E-state index contributed by atoms with van der Waals surface area (Å²) in [6, 6.07) is 10.1. The van der Waals surface area contributed by atoms with Gasteiger partial charge in [0, 0.05) is 38.3 Å². The van der Waals surface area contributed by atoms with E-state index in [0.29, 0.717) is 19.7 Å². The number of ether oxygens (including phenoxy) is 1. The van der Waals surface area contributed by atoms with E-state index in [1.165, 1.54) is 18.2 Å². The van der Waals surface area contributed by atoms with Crippen LogP contribution >= 0.6 is 0 Å². The second kappa shape index (κ2) is 10.5. The minimum Gasteiger partial charge on any atom is -0.385 e. The molecule has 0 aliphatic heterocycles. The molecule has 1 atom stereocenters. The minimum atomic E-state index is -0.505. The van der Waals surface area contributed by atoms with Crippen LogP contribution in [0.15, 0.2) is 36.4 Å². The zero-order valence-corrected chi connectivity index (χ0v) is 16.6. The lowest BCUT2D eigenvalue weighted by Gasteiger charge is -2.28. The quantitative estimate of drug-likeness (QED) is 0.438. The average Bonchev–Trinajstić information content (AvgIpc) is 2.63. The summed E-state index contributed by atoms with van der Waals surface area (Å²) >= 11 is 0. The van der Waals surface area contributed by atoms with E-state index in [2.05, 4.69) is 0 Å². The Labute approximate surface area is 160 Å². The molecule has 2 aromatic rings. The molecule has 0 radical (unpaired) electrons. The highest BCUT2D eigenvalue weighted by molar-refractivity contribution is 5.38. The summed E-state index contributed by atoms with van der Waals surface area (Å²) in [7, 11) is 3.29. The summed E-state index contributed by atoms with van der Waals surface area (Å²) in [4.78, 5) is 5.52. The molecule has 1 unspecified atom stereocenters. The Kier molecular flexibility index (Phi) is 8.35. The van der Waals surface area contributed by atoms with Crippen LogP contribution < -0.4 is 0 Å². The van der Waals surface area contributed by atoms with Gasteiger partial charge in [0.1, 0.15) is 11.6 Å². The molecule has 0 fully saturated rings. The fourth-order valence-corrected chi connectivity index (χ4v) is 3.59. The summed E-state index contributed by atoms with van der Waals surface area (Å²) in [6.45, 7) is 5.94. The molecule has 0 spiro atoms. The molecule has 2 rings (SSSR count). The Bertz CT molecular complexity index is 696. The molecule has 0 aromatic heterocycles. The third-order valence-electron chi connectivity index (χ3n) is 4.90. The van der Waals surface area contributed by atoms with E-state index < -0.39 is 11.6 Å². The largest absolute Gasteiger partial charge is 0.385 e. The molecule has 0 bridgehead atoms. The molecule has 2 aromatic carbocycles. The number of benzene rings is 2. The lowest BCUT2D eigenvalue weighted by Crippen LogP contribution is -2.31. The third kappa shape index (κ3) is 5.83. The van der Waals surface area contributed by atoms with Gasteiger partial charge in [0.05, 0.1) is 7.11 Å². The van der Waals surface area contributed by atoms with Gasteiger partial charge in [-0.25, -0.2) is 8.78 Å². The van der Waals surface area contributed by atoms with Gasteiger partial charge in [-0.05, 0) is 55.5 Å². The number of methoxy groups -OCH3 is 1. The van der Waals surface area contributed by atoms with Crippen molar-refractivity contribution >= 4 is 0 Å². The van der Waals surface area contributed by atoms with E-state index in [0.717, 1.165) is 23.1 Å². The summed E-state index contributed by atoms with van der Waals surface area (Å²) < 4.78 is 33.7. The van der Waals surface area contributed by atoms with Gasteiger partial charge in [0.2, 0.25) is 0 Å². The Morgan fingerprint density at radius 2 is 1.56 bits per heavy atom. The van der Waals surface area contributed by atoms with Crippen LogP contribution in [0.1, 0.15) is 34.6 Å². The zero-order valence-electron chi connectivity index (χ0n) is 16.6. The predicted octanol–water partition coefficient (Wildman–Crippen LogP) is 4.81. The van der Waals surface area contributed by atoms with Crippen molar-refractivity contribution in [1.82, 2.24) is 5.06 Å². The molecule has 148 valence electrons. The number of hydrogen-bond donors (Lipinski definition) is 0. The fourth-order valence-electron chi connectivity index (χ4n) is 3.59. The van der Waals surface area contributed by atoms with E-state index >= 15 is 0 Å². The topological polar surface area (TPSA) is 21.7 Å². The normalized spacial score (nSPS) is 12.6. The highest BCUT2D eigenvalue weighted by atomic mass is 19.1. The monoisotopic (exact) mass is 377 g/mol. The fraction of sp³-hybridized carbons (Fsp3) is 0.455. The Morgan fingerprint density at radius 3 is 2.11 bits per heavy atom. The lowest BCUT2D eigenvalue weighted by molar-refractivity contribution is -0.136. The van der Waals surface area contributed by atoms with Crippen LogP contribution in [0.3, 0.4) is 0 Å². The van der Waals surface area contributed by atoms with Gasteiger partial charge in [-0.3, -0.25) is 0 Å². The minimum absolute atomic E-state index is 0.0971. The smallest absolute Gasteiger partial charge is 0.129 e. The number of halogens is 2. The molecule has 5 heteroatoms. The first-order valence-electron chi connectivity index (χ1n) is 9.24. The van der Waals surface area contributed by atoms with Crippen molar-refractivity contribution in [1.29, 1.82) is 0 Å². The number of rotatable bonds is 10. The molecule has 0 amide bonds. The van der Waals surface area contributed by atoms with E-state index in [9.17, 15) is 8.78 Å². The number of aryl methyl sites for hydroxylation is 2. The van der Waals surface area contributed by atoms with Crippen molar-refractivity contribution < 1.29 is 18.4 Å². The van der Waals surface area contributed by atoms with Gasteiger partial charge in [-0.1, -0.05) is 24.3 Å². The molecule has 0 aliphatic carbocycles. The summed E-state index contributed by atoms with van der Waals surface area (Å²) in [5, 5.41) is 1.84. The second-order valence-corrected chi connectivity index (χ2v) is 6.82. The van der Waals surface area contributed by atoms with Gasteiger partial charge >= 0.3 is 0 Å². The van der Waals surface area contributed by atoms with Crippen molar-refractivity contribution in [3.8, 4) is 0 Å². The third-order valence-corrected chi connectivity index (χ3v) is 4.90. The van der Waals surface area contributed by atoms with E-state index in [1.54, 1.807) is 14.2 Å². The van der Waals surface area contributed by atoms with Crippen LogP contribution in [0.2, 0.25) is 0 Å². The lowest BCUT2D eigenvalue weighted by atomic mass is 9.85. The predicted molar refractivity (Wildman–Crippen MR) is 104 cm³/mol. The van der Waals surface area contributed by atoms with Crippen molar-refractivity contribution in [2.75, 3.05) is 33.9 Å². The number of hydroxylamine groups is 2. The van der Waals surface area contributed by atoms with Gasteiger partial charge in [-0.2, -0.15) is 5.06 Å². The van der Waals surface area contributed by atoms with Crippen LogP contribution in [0.25, 0.3) is 0 Å². The summed E-state index contributed by atoms with van der Waals surface area (Å²) in [6.07, 6.45) is 1.09. The molecule has 0 saturated heterocycles. The molecule has 0 heterocycles. The summed E-state index contributed by atoms with van der Waals surface area (Å²) in [5.41, 5.74) is 3.47. The van der Waals surface area contributed by atoms with E-state index in [1.807, 2.05) is 37.1 Å². The van der Waals surface area contributed by atoms with Crippen molar-refractivity contribution in [3.63, 3.8) is 0 Å². The molecule has 0 N–H and O–H groups in total. The first kappa shape index (κ1) is 21.5. The molecular formula is C22H29F2NO2. The highest BCUT2D eigenvalue weighted by Crippen LogP contribution is 2.30. The molecule has 0 saturated carbocycles. The van der Waals surface area contributed by atoms with Crippen molar-refractivity contribution in [2.24, 2.45) is 0 Å². The standard InChI is InChI=1S/C22H29F2NO2/c1-16-8-5-9-17(2)22(16)18(15-25(27-4)12-7-13-26-3)14-19-20(23)10-6-11-21(19)24/h5-6,8-11,18H,7,12-15H2,1-4H3. The maximum atomic E-state index is 14.3. The molecule has 27 heavy (non-hydrogen) atoms. The first-order chi connectivity index (χ1) is 13.0. The van der Waals surface area contributed by atoms with E-state index in [4.69, 9.17) is 9.57 Å². The maximum Gasteiger partial charge on any atom is 0.129 e. The molecular weight excluding hydrogens is 348 g/mol. The zero-order chi connectivity index (χ0) is 19.8. The van der Waals surface area contributed by atoms with Crippen LogP contribution in [-0.2, 0) is 16.0 Å². The van der Waals surface area contributed by atoms with Gasteiger partial charge in [-0.15, -0.1) is 0 Å². The number of hydrogen-bond acceptors (Lipinski definition) is 3. The van der Waals surface area contributed by atoms with Crippen LogP contribution in [0.4, 0.5) is 8.78 Å². The Balaban J connectivity index is 2.33. The highest BCUT2D eigenvalue weighted by Gasteiger charge is 2.23. The Morgan fingerprint density at radius 1 is 0.963 bits per heavy atom. The average molecular weight is 377 g/mol. The first-order valence-corrected chi connectivity index (χ1v) is 9.24. The SMILES string of the molecule is COCCCN(CC(Cc1c(F)cccc1F)c1c(C)cccc1C)OC. The number of nitrogens with zero attached hydrogens (tertiary/aromatic N) is 1. The van der Waals surface area contributed by atoms with Crippen LogP contribution in [-0.4, -0.2) is 39.0 Å². The van der Waals surface area contributed by atoms with Crippen molar-refractivity contribution in [3.05, 3.63) is 70.3 Å². The van der Waals surface area contributed by atoms with Crippen molar-refractivity contribution in [2.45, 2.75) is 32.6 Å². The van der Waals surface area contributed by atoms with Gasteiger partial charge in [0.15, 0.2) is 0 Å². The van der Waals surface area contributed by atoms with E-state index in [-0.39, 0.29) is 17.9 Å². The van der Waals surface area contributed by atoms with Crippen LogP contribution in [0.5, 0.6) is 0 Å². The van der Waals surface area contributed by atoms with Gasteiger partial charge < -0.3 is 9.57 Å². The maximum absolute atomic E-state index is 14.3. The second-order valence-electron chi connectivity index (χ2n) is 6.82. The molecule has 3 nitrogen and oxygen atoms in total. The Hall–Kier alpha value is -1.82. The van der Waals surface area contributed by atoms with Crippen LogP contribution in [0, 0.1) is 25.5 Å².